The number of hydrogen-bond acceptors (Lipinski definition) is 3. The Kier molecular flexibility index (Phi) is 6.26. The van der Waals surface area contributed by atoms with Crippen LogP contribution in [0, 0.1) is 0 Å². The summed E-state index contributed by atoms with van der Waals surface area (Å²) in [6.07, 6.45) is 2.61. The third-order valence-electron chi connectivity index (χ3n) is 2.40. The van der Waals surface area contributed by atoms with Crippen LogP contribution in [-0.2, 0) is 16.0 Å². The van der Waals surface area contributed by atoms with Crippen LogP contribution in [0.5, 0.6) is 0 Å². The van der Waals surface area contributed by atoms with Gasteiger partial charge in [-0.3, -0.25) is 4.79 Å². The van der Waals surface area contributed by atoms with Crippen LogP contribution >= 0.6 is 0 Å². The van der Waals surface area contributed by atoms with Crippen molar-refractivity contribution in [2.24, 2.45) is 0 Å². The quantitative estimate of drug-likeness (QED) is 0.563. The normalized spacial score (nSPS) is 10.1. The molecule has 88 valence electrons. The van der Waals surface area contributed by atoms with Gasteiger partial charge in [0.05, 0.1) is 13.5 Å². The van der Waals surface area contributed by atoms with Crippen molar-refractivity contribution in [3.05, 3.63) is 35.9 Å². The van der Waals surface area contributed by atoms with Crippen molar-refractivity contribution < 1.29 is 9.53 Å². The molecule has 1 rings (SSSR count). The van der Waals surface area contributed by atoms with E-state index in [1.807, 2.05) is 6.07 Å². The molecule has 0 aliphatic rings. The van der Waals surface area contributed by atoms with Gasteiger partial charge in [0.25, 0.3) is 0 Å². The first-order valence-corrected chi connectivity index (χ1v) is 5.64. The third-order valence-corrected chi connectivity index (χ3v) is 2.40. The second-order valence-electron chi connectivity index (χ2n) is 3.67. The summed E-state index contributed by atoms with van der Waals surface area (Å²) in [7, 11) is 1.41. The SMILES string of the molecule is COC(=O)CCNCCCc1ccccc1. The lowest BCUT2D eigenvalue weighted by Gasteiger charge is -2.04. The van der Waals surface area contributed by atoms with Crippen molar-refractivity contribution in [1.29, 1.82) is 0 Å². The number of nitrogens with one attached hydrogen (secondary N) is 1. The summed E-state index contributed by atoms with van der Waals surface area (Å²) < 4.78 is 4.55. The van der Waals surface area contributed by atoms with Crippen LogP contribution in [0.2, 0.25) is 0 Å². The molecule has 1 aromatic carbocycles. The number of methoxy groups -OCH3 is 1. The summed E-state index contributed by atoms with van der Waals surface area (Å²) in [5, 5.41) is 3.22. The molecule has 0 aliphatic carbocycles. The molecule has 3 heteroatoms. The fraction of sp³-hybridized carbons (Fsp3) is 0.462. The zero-order chi connectivity index (χ0) is 11.6. The summed E-state index contributed by atoms with van der Waals surface area (Å²) in [5.74, 6) is -0.157. The van der Waals surface area contributed by atoms with E-state index in [0.717, 1.165) is 19.4 Å². The molecular formula is C13H19NO2. The van der Waals surface area contributed by atoms with Gasteiger partial charge in [-0.1, -0.05) is 30.3 Å². The standard InChI is InChI=1S/C13H19NO2/c1-16-13(15)9-11-14-10-5-8-12-6-3-2-4-7-12/h2-4,6-7,14H,5,8-11H2,1H3. The number of benzene rings is 1. The van der Waals surface area contributed by atoms with Crippen molar-refractivity contribution in [2.45, 2.75) is 19.3 Å². The molecule has 16 heavy (non-hydrogen) atoms. The van der Waals surface area contributed by atoms with Crippen molar-refractivity contribution in [3.8, 4) is 0 Å². The molecule has 3 nitrogen and oxygen atoms in total. The monoisotopic (exact) mass is 221 g/mol. The van der Waals surface area contributed by atoms with E-state index in [0.29, 0.717) is 13.0 Å². The van der Waals surface area contributed by atoms with Gasteiger partial charge in [-0.15, -0.1) is 0 Å². The first-order valence-electron chi connectivity index (χ1n) is 5.64. The molecule has 1 aromatic rings. The van der Waals surface area contributed by atoms with E-state index >= 15 is 0 Å². The summed E-state index contributed by atoms with van der Waals surface area (Å²) in [6.45, 7) is 1.63. The van der Waals surface area contributed by atoms with Crippen LogP contribution in [0.1, 0.15) is 18.4 Å². The Hall–Kier alpha value is -1.35. The largest absolute Gasteiger partial charge is 0.469 e. The van der Waals surface area contributed by atoms with Gasteiger partial charge in [0.15, 0.2) is 0 Å². The van der Waals surface area contributed by atoms with Crippen LogP contribution in [0.25, 0.3) is 0 Å². The van der Waals surface area contributed by atoms with Gasteiger partial charge in [0.1, 0.15) is 0 Å². The molecule has 0 amide bonds. The Balaban J connectivity index is 1.98. The molecule has 0 heterocycles. The molecule has 0 fully saturated rings. The Morgan fingerprint density at radius 3 is 2.69 bits per heavy atom. The highest BCUT2D eigenvalue weighted by molar-refractivity contribution is 5.69. The average molecular weight is 221 g/mol. The zero-order valence-corrected chi connectivity index (χ0v) is 9.74. The summed E-state index contributed by atoms with van der Waals surface area (Å²) in [6, 6.07) is 10.4. The maximum Gasteiger partial charge on any atom is 0.306 e. The summed E-state index contributed by atoms with van der Waals surface area (Å²) >= 11 is 0. The lowest BCUT2D eigenvalue weighted by Crippen LogP contribution is -2.20. The molecule has 0 spiro atoms. The number of aryl methyl sites for hydroxylation is 1. The van der Waals surface area contributed by atoms with Gasteiger partial charge in [-0.05, 0) is 24.9 Å². The van der Waals surface area contributed by atoms with E-state index in [2.05, 4.69) is 34.3 Å². The minimum absolute atomic E-state index is 0.157. The predicted molar refractivity (Wildman–Crippen MR) is 64.3 cm³/mol. The highest BCUT2D eigenvalue weighted by Gasteiger charge is 1.98. The highest BCUT2D eigenvalue weighted by atomic mass is 16.5. The summed E-state index contributed by atoms with van der Waals surface area (Å²) in [4.78, 5) is 10.8. The Bertz CT molecular complexity index is 298. The van der Waals surface area contributed by atoms with Gasteiger partial charge >= 0.3 is 5.97 Å². The maximum absolute atomic E-state index is 10.8. The van der Waals surface area contributed by atoms with Crippen molar-refractivity contribution in [3.63, 3.8) is 0 Å². The van der Waals surface area contributed by atoms with Gasteiger partial charge < -0.3 is 10.1 Å². The fourth-order valence-corrected chi connectivity index (χ4v) is 1.48. The first-order chi connectivity index (χ1) is 7.83. The Morgan fingerprint density at radius 1 is 1.25 bits per heavy atom. The van der Waals surface area contributed by atoms with E-state index in [1.165, 1.54) is 12.7 Å². The van der Waals surface area contributed by atoms with Crippen LogP contribution < -0.4 is 5.32 Å². The molecule has 0 unspecified atom stereocenters. The Labute approximate surface area is 96.8 Å². The molecule has 0 aromatic heterocycles. The van der Waals surface area contributed by atoms with E-state index in [9.17, 15) is 4.79 Å². The smallest absolute Gasteiger partial charge is 0.306 e. The van der Waals surface area contributed by atoms with E-state index < -0.39 is 0 Å². The second-order valence-corrected chi connectivity index (χ2v) is 3.67. The topological polar surface area (TPSA) is 38.3 Å². The fourth-order valence-electron chi connectivity index (χ4n) is 1.48. The highest BCUT2D eigenvalue weighted by Crippen LogP contribution is 2.01. The van der Waals surface area contributed by atoms with E-state index in [4.69, 9.17) is 0 Å². The molecule has 0 radical (unpaired) electrons. The number of rotatable bonds is 7. The van der Waals surface area contributed by atoms with Crippen LogP contribution in [0.3, 0.4) is 0 Å². The maximum atomic E-state index is 10.8. The molecule has 0 aliphatic heterocycles. The molecule has 0 saturated heterocycles. The van der Waals surface area contributed by atoms with Crippen LogP contribution in [-0.4, -0.2) is 26.2 Å². The number of esters is 1. The first kappa shape index (κ1) is 12.7. The molecular weight excluding hydrogens is 202 g/mol. The summed E-state index contributed by atoms with van der Waals surface area (Å²) in [5.41, 5.74) is 1.36. The van der Waals surface area contributed by atoms with Gasteiger partial charge in [-0.2, -0.15) is 0 Å². The zero-order valence-electron chi connectivity index (χ0n) is 9.74. The lowest BCUT2D eigenvalue weighted by molar-refractivity contribution is -0.140. The Morgan fingerprint density at radius 2 is 2.00 bits per heavy atom. The molecule has 0 bridgehead atoms. The van der Waals surface area contributed by atoms with Crippen molar-refractivity contribution >= 4 is 5.97 Å². The van der Waals surface area contributed by atoms with Crippen LogP contribution in [0.4, 0.5) is 0 Å². The number of carbonyl (C=O) groups is 1. The van der Waals surface area contributed by atoms with Crippen LogP contribution in [0.15, 0.2) is 30.3 Å². The molecule has 0 atom stereocenters. The molecule has 0 saturated carbocycles. The predicted octanol–water partition coefficient (Wildman–Crippen LogP) is 1.77. The number of hydrogen-bond donors (Lipinski definition) is 1. The van der Waals surface area contributed by atoms with E-state index in [1.54, 1.807) is 0 Å². The van der Waals surface area contributed by atoms with Crippen molar-refractivity contribution in [1.82, 2.24) is 5.32 Å². The number of ether oxygens (including phenoxy) is 1. The second kappa shape index (κ2) is 7.88. The van der Waals surface area contributed by atoms with E-state index in [-0.39, 0.29) is 5.97 Å². The molecule has 1 N–H and O–H groups in total. The van der Waals surface area contributed by atoms with Crippen molar-refractivity contribution in [2.75, 3.05) is 20.2 Å². The van der Waals surface area contributed by atoms with Gasteiger partial charge in [0.2, 0.25) is 0 Å². The lowest BCUT2D eigenvalue weighted by atomic mass is 10.1. The van der Waals surface area contributed by atoms with Gasteiger partial charge in [0, 0.05) is 6.54 Å². The third kappa shape index (κ3) is 5.51. The number of carbonyl (C=O) groups excluding carboxylic acids is 1. The minimum atomic E-state index is -0.157. The van der Waals surface area contributed by atoms with Gasteiger partial charge in [-0.25, -0.2) is 0 Å². The average Bonchev–Trinajstić information content (AvgIpc) is 2.34. The minimum Gasteiger partial charge on any atom is -0.469 e.